The second-order valence-corrected chi connectivity index (χ2v) is 1.68. The summed E-state index contributed by atoms with van der Waals surface area (Å²) in [5, 5.41) is 0. The van der Waals surface area contributed by atoms with Gasteiger partial charge in [0.1, 0.15) is 0 Å². The van der Waals surface area contributed by atoms with Crippen LogP contribution in [0.25, 0.3) is 0 Å². The first kappa shape index (κ1) is 15.8. The van der Waals surface area contributed by atoms with Crippen molar-refractivity contribution in [2.24, 2.45) is 0 Å². The molecule has 24 valence electrons. The molecule has 0 aromatic heterocycles. The summed E-state index contributed by atoms with van der Waals surface area (Å²) < 4.78 is 25.8. The molecule has 0 aliphatic carbocycles. The van der Waals surface area contributed by atoms with Gasteiger partial charge in [-0.05, 0) is 0 Å². The summed E-state index contributed by atoms with van der Waals surface area (Å²) in [7, 11) is 0. The van der Waals surface area contributed by atoms with E-state index in [1.165, 1.54) is 0 Å². The first-order valence-electron chi connectivity index (χ1n) is 0.612. The van der Waals surface area contributed by atoms with Crippen LogP contribution in [0.15, 0.2) is 0 Å². The summed E-state index contributed by atoms with van der Waals surface area (Å²) in [4.78, 5) is 0. The number of rotatable bonds is 0. The molecule has 6 heteroatoms. The Labute approximate surface area is 87.9 Å². The van der Waals surface area contributed by atoms with Crippen LogP contribution in [0.5, 0.6) is 0 Å². The molecule has 0 saturated carbocycles. The van der Waals surface area contributed by atoms with E-state index in [9.17, 15) is 0 Å². The topological polar surface area (TPSA) is 63.2 Å². The van der Waals surface area contributed by atoms with Crippen LogP contribution in [-0.2, 0) is 3.08 Å². The standard InChI is InChI=1S/2Na.3O.Sn/q2*+1;;2*-1;. The van der Waals surface area contributed by atoms with Crippen molar-refractivity contribution in [3.8, 4) is 0 Å². The van der Waals surface area contributed by atoms with Gasteiger partial charge in [0.15, 0.2) is 0 Å². The molecule has 0 saturated heterocycles. The zero-order valence-corrected chi connectivity index (χ0v) is 10.6. The van der Waals surface area contributed by atoms with Gasteiger partial charge in [-0.3, -0.25) is 0 Å². The molecule has 0 atom stereocenters. The normalized spacial score (nSPS) is 4.33. The maximum atomic E-state index is 8.61. The van der Waals surface area contributed by atoms with Crippen molar-refractivity contribution in [1.29, 1.82) is 0 Å². The molecule has 0 aliphatic rings. The minimum absolute atomic E-state index is 0. The SMILES string of the molecule is [Na+].[Na+].[O]=[Sn]([O-])[O-]. The third kappa shape index (κ3) is 31.3. The van der Waals surface area contributed by atoms with Crippen molar-refractivity contribution in [3.63, 3.8) is 0 Å². The van der Waals surface area contributed by atoms with Crippen LogP contribution in [0.2, 0.25) is 0 Å². The van der Waals surface area contributed by atoms with Crippen LogP contribution in [-0.4, -0.2) is 20.6 Å². The van der Waals surface area contributed by atoms with Crippen LogP contribution in [0, 0.1) is 0 Å². The Balaban J connectivity index is -0.0000000450. The Morgan fingerprint density at radius 2 is 1.17 bits per heavy atom. The fourth-order valence-electron chi connectivity index (χ4n) is 0. The van der Waals surface area contributed by atoms with Crippen LogP contribution in [0.4, 0.5) is 0 Å². The zero-order valence-electron chi connectivity index (χ0n) is 3.72. The van der Waals surface area contributed by atoms with Gasteiger partial charge in [-0.25, -0.2) is 0 Å². The summed E-state index contributed by atoms with van der Waals surface area (Å²) in [6, 6.07) is 0. The van der Waals surface area contributed by atoms with E-state index < -0.39 is 20.6 Å². The molecule has 0 heterocycles. The van der Waals surface area contributed by atoms with Crippen molar-refractivity contribution in [3.05, 3.63) is 0 Å². The summed E-state index contributed by atoms with van der Waals surface area (Å²) in [5.41, 5.74) is 0. The molecule has 0 rings (SSSR count). The molecular formula is Na2O3Sn. The van der Waals surface area contributed by atoms with Gasteiger partial charge < -0.3 is 0 Å². The molecule has 0 radical (unpaired) electrons. The molecule has 6 heavy (non-hydrogen) atoms. The first-order valence-corrected chi connectivity index (χ1v) is 4.11. The van der Waals surface area contributed by atoms with Crippen LogP contribution < -0.4 is 66.0 Å². The molecule has 0 aromatic rings. The summed E-state index contributed by atoms with van der Waals surface area (Å²) in [6.07, 6.45) is 0. The summed E-state index contributed by atoms with van der Waals surface area (Å²) >= 11 is -4.29. The Hall–Kier alpha value is 2.52. The van der Waals surface area contributed by atoms with Crippen molar-refractivity contribution >= 4 is 20.6 Å². The third-order valence-corrected chi connectivity index (χ3v) is 0. The average Bonchev–Trinajstić information content (AvgIpc) is 0.811. The Kier molecular flexibility index (Phi) is 27.6. The molecule has 0 fully saturated rings. The average molecular weight is 213 g/mol. The Morgan fingerprint density at radius 3 is 1.17 bits per heavy atom. The monoisotopic (exact) mass is 214 g/mol. The molecule has 0 spiro atoms. The molecule has 0 amide bonds. The second-order valence-electron chi connectivity index (χ2n) is 0.250. The molecule has 0 N–H and O–H groups in total. The second kappa shape index (κ2) is 10.5. The summed E-state index contributed by atoms with van der Waals surface area (Å²) in [5.74, 6) is 0. The first-order chi connectivity index (χ1) is 1.73. The number of hydrogen-bond acceptors (Lipinski definition) is 3. The Bertz CT molecular complexity index is 31.8. The Morgan fingerprint density at radius 1 is 1.17 bits per heavy atom. The van der Waals surface area contributed by atoms with Gasteiger partial charge in [-0.2, -0.15) is 0 Å². The van der Waals surface area contributed by atoms with E-state index in [4.69, 9.17) is 9.96 Å². The van der Waals surface area contributed by atoms with E-state index >= 15 is 0 Å². The molecule has 0 unspecified atom stereocenters. The van der Waals surface area contributed by atoms with E-state index in [-0.39, 0.29) is 59.1 Å². The molecule has 0 aromatic carbocycles. The molecule has 0 bridgehead atoms. The van der Waals surface area contributed by atoms with Crippen LogP contribution >= 0.6 is 0 Å². The van der Waals surface area contributed by atoms with E-state index in [0.717, 1.165) is 0 Å². The van der Waals surface area contributed by atoms with Gasteiger partial charge in [0.25, 0.3) is 0 Å². The van der Waals surface area contributed by atoms with Gasteiger partial charge in [-0.1, -0.05) is 0 Å². The van der Waals surface area contributed by atoms with E-state index in [1.807, 2.05) is 0 Å². The zero-order chi connectivity index (χ0) is 3.58. The van der Waals surface area contributed by atoms with Crippen molar-refractivity contribution in [1.82, 2.24) is 0 Å². The van der Waals surface area contributed by atoms with Gasteiger partial charge in [0.2, 0.25) is 0 Å². The number of hydrogen-bond donors (Lipinski definition) is 0. The fraction of sp³-hybridized carbons (Fsp3) is 0. The molecular weight excluding hydrogens is 213 g/mol. The van der Waals surface area contributed by atoms with Crippen LogP contribution in [0.1, 0.15) is 0 Å². The predicted molar refractivity (Wildman–Crippen MR) is 6.44 cm³/mol. The van der Waals surface area contributed by atoms with Gasteiger partial charge in [-0.15, -0.1) is 0 Å². The van der Waals surface area contributed by atoms with Crippen LogP contribution in [0.3, 0.4) is 0 Å². The van der Waals surface area contributed by atoms with Crippen molar-refractivity contribution in [2.75, 3.05) is 0 Å². The molecule has 0 aliphatic heterocycles. The summed E-state index contributed by atoms with van der Waals surface area (Å²) in [6.45, 7) is 0. The minimum atomic E-state index is -4.29. The predicted octanol–water partition coefficient (Wildman–Crippen LogP) is -8.87. The van der Waals surface area contributed by atoms with E-state index in [2.05, 4.69) is 0 Å². The van der Waals surface area contributed by atoms with E-state index in [0.29, 0.717) is 0 Å². The van der Waals surface area contributed by atoms with Gasteiger partial charge in [0, 0.05) is 0 Å². The van der Waals surface area contributed by atoms with Gasteiger partial charge in [0.05, 0.1) is 0 Å². The van der Waals surface area contributed by atoms with Crippen molar-refractivity contribution in [2.45, 2.75) is 0 Å². The third-order valence-electron chi connectivity index (χ3n) is 0. The van der Waals surface area contributed by atoms with Gasteiger partial charge >= 0.3 is 89.7 Å². The quantitative estimate of drug-likeness (QED) is 0.375. The van der Waals surface area contributed by atoms with E-state index in [1.54, 1.807) is 0 Å². The van der Waals surface area contributed by atoms with Crippen molar-refractivity contribution < 1.29 is 69.1 Å². The fourth-order valence-corrected chi connectivity index (χ4v) is 0. The maximum absolute atomic E-state index is 8.61. The molecule has 3 nitrogen and oxygen atoms in total.